The zero-order valence-electron chi connectivity index (χ0n) is 8.00. The minimum atomic E-state index is -0.902. The summed E-state index contributed by atoms with van der Waals surface area (Å²) in [5.74, 6) is -0.902. The van der Waals surface area contributed by atoms with E-state index in [2.05, 4.69) is 10.3 Å². The Hall–Kier alpha value is -0.840. The molecule has 0 spiro atoms. The summed E-state index contributed by atoms with van der Waals surface area (Å²) in [6, 6.07) is 2.65. The third-order valence-corrected chi connectivity index (χ3v) is 2.19. The quantitative estimate of drug-likeness (QED) is 0.800. The molecule has 0 saturated heterocycles. The Morgan fingerprint density at radius 2 is 2.07 bits per heavy atom. The molecule has 0 aliphatic carbocycles. The summed E-state index contributed by atoms with van der Waals surface area (Å²) >= 11 is 11.4. The fourth-order valence-corrected chi connectivity index (χ4v) is 1.48. The van der Waals surface area contributed by atoms with Gasteiger partial charge in [-0.15, -0.1) is 0 Å². The van der Waals surface area contributed by atoms with Crippen LogP contribution >= 0.6 is 23.2 Å². The van der Waals surface area contributed by atoms with Gasteiger partial charge in [-0.25, -0.2) is 4.98 Å². The molecule has 0 fully saturated rings. The average Bonchev–Trinajstić information content (AvgIpc) is 2.12. The summed E-state index contributed by atoms with van der Waals surface area (Å²) < 4.78 is 0. The summed E-state index contributed by atoms with van der Waals surface area (Å²) in [7, 11) is 0. The number of nitrogens with zero attached hydrogens (tertiary/aromatic N) is 1. The maximum atomic E-state index is 10.5. The first kappa shape index (κ1) is 12.2. The molecule has 1 rings (SSSR count). The van der Waals surface area contributed by atoms with Crippen LogP contribution in [-0.4, -0.2) is 22.1 Å². The normalized spacial score (nSPS) is 12.5. The highest BCUT2D eigenvalue weighted by Gasteiger charge is 2.09. The summed E-state index contributed by atoms with van der Waals surface area (Å²) in [4.78, 5) is 14.3. The van der Waals surface area contributed by atoms with Crippen LogP contribution in [0.15, 0.2) is 12.1 Å². The van der Waals surface area contributed by atoms with Crippen LogP contribution in [0, 0.1) is 0 Å². The number of carbonyl (C=O) groups is 1. The molecule has 4 nitrogen and oxygen atoms in total. The lowest BCUT2D eigenvalue weighted by molar-refractivity contribution is -0.139. The van der Waals surface area contributed by atoms with Gasteiger partial charge >= 0.3 is 5.97 Å². The summed E-state index contributed by atoms with van der Waals surface area (Å²) in [6.07, 6.45) is 0. The fourth-order valence-electron chi connectivity index (χ4n) is 0.975. The van der Waals surface area contributed by atoms with Crippen LogP contribution in [0.1, 0.15) is 12.5 Å². The van der Waals surface area contributed by atoms with Crippen molar-refractivity contribution >= 4 is 29.2 Å². The first-order valence-electron chi connectivity index (χ1n) is 4.27. The first-order chi connectivity index (χ1) is 6.99. The van der Waals surface area contributed by atoms with Gasteiger partial charge in [0.15, 0.2) is 0 Å². The summed E-state index contributed by atoms with van der Waals surface area (Å²) in [5, 5.41) is 12.0. The molecular formula is C9H10Cl2N2O2. The van der Waals surface area contributed by atoms with Crippen LogP contribution in [-0.2, 0) is 11.3 Å². The number of hydrogen-bond acceptors (Lipinski definition) is 3. The van der Waals surface area contributed by atoms with Gasteiger partial charge in [-0.05, 0) is 24.6 Å². The molecule has 6 heteroatoms. The van der Waals surface area contributed by atoms with E-state index in [-0.39, 0.29) is 0 Å². The average molecular weight is 249 g/mol. The van der Waals surface area contributed by atoms with Gasteiger partial charge in [-0.3, -0.25) is 4.79 Å². The van der Waals surface area contributed by atoms with E-state index in [9.17, 15) is 4.79 Å². The molecule has 0 bridgehead atoms. The monoisotopic (exact) mass is 248 g/mol. The highest BCUT2D eigenvalue weighted by Crippen LogP contribution is 2.14. The molecule has 0 unspecified atom stereocenters. The first-order valence-corrected chi connectivity index (χ1v) is 5.03. The van der Waals surface area contributed by atoms with Gasteiger partial charge in [0, 0.05) is 6.54 Å². The molecule has 1 aromatic rings. The van der Waals surface area contributed by atoms with Gasteiger partial charge in [0.2, 0.25) is 0 Å². The number of aliphatic carboxylic acids is 1. The third-order valence-electron chi connectivity index (χ3n) is 1.81. The smallest absolute Gasteiger partial charge is 0.320 e. The molecule has 0 aliphatic rings. The van der Waals surface area contributed by atoms with E-state index in [1.807, 2.05) is 0 Å². The van der Waals surface area contributed by atoms with Gasteiger partial charge in [0.05, 0.1) is 0 Å². The molecule has 82 valence electrons. The van der Waals surface area contributed by atoms with E-state index >= 15 is 0 Å². The second kappa shape index (κ2) is 5.30. The summed E-state index contributed by atoms with van der Waals surface area (Å²) in [5.41, 5.74) is 0.799. The molecule has 0 aliphatic heterocycles. The molecule has 1 heterocycles. The highest BCUT2D eigenvalue weighted by molar-refractivity contribution is 6.32. The van der Waals surface area contributed by atoms with Crippen LogP contribution < -0.4 is 5.32 Å². The molecule has 0 amide bonds. The number of nitrogens with one attached hydrogen (secondary N) is 1. The van der Waals surface area contributed by atoms with E-state index < -0.39 is 12.0 Å². The van der Waals surface area contributed by atoms with Gasteiger partial charge in [0.25, 0.3) is 0 Å². The minimum Gasteiger partial charge on any atom is -0.480 e. The molecule has 15 heavy (non-hydrogen) atoms. The second-order valence-electron chi connectivity index (χ2n) is 3.06. The van der Waals surface area contributed by atoms with Gasteiger partial charge in [0.1, 0.15) is 16.3 Å². The number of carboxylic acid groups (broad SMARTS) is 1. The Morgan fingerprint density at radius 3 is 2.53 bits per heavy atom. The molecule has 0 aromatic carbocycles. The lowest BCUT2D eigenvalue weighted by atomic mass is 10.2. The van der Waals surface area contributed by atoms with Gasteiger partial charge < -0.3 is 10.4 Å². The Morgan fingerprint density at radius 1 is 1.53 bits per heavy atom. The van der Waals surface area contributed by atoms with Crippen molar-refractivity contribution in [1.82, 2.24) is 10.3 Å². The number of halogens is 2. The van der Waals surface area contributed by atoms with E-state index in [1.54, 1.807) is 19.1 Å². The third kappa shape index (κ3) is 4.03. The number of hydrogen-bond donors (Lipinski definition) is 2. The summed E-state index contributed by atoms with van der Waals surface area (Å²) in [6.45, 7) is 1.95. The van der Waals surface area contributed by atoms with Crippen LogP contribution in [0.5, 0.6) is 0 Å². The predicted octanol–water partition coefficient (Wildman–Crippen LogP) is 1.95. The van der Waals surface area contributed by atoms with Crippen LogP contribution in [0.25, 0.3) is 0 Å². The van der Waals surface area contributed by atoms with Crippen LogP contribution in [0.2, 0.25) is 10.3 Å². The maximum absolute atomic E-state index is 10.5. The Balaban J connectivity index is 2.61. The van der Waals surface area contributed by atoms with Crippen LogP contribution in [0.4, 0.5) is 0 Å². The minimum absolute atomic E-state index is 0.294. The molecule has 0 radical (unpaired) electrons. The topological polar surface area (TPSA) is 62.2 Å². The van der Waals surface area contributed by atoms with Crippen molar-refractivity contribution in [2.75, 3.05) is 0 Å². The molecular weight excluding hydrogens is 239 g/mol. The fraction of sp³-hybridized carbons (Fsp3) is 0.333. The van der Waals surface area contributed by atoms with Gasteiger partial charge in [-0.2, -0.15) is 0 Å². The lowest BCUT2D eigenvalue weighted by Gasteiger charge is -2.09. The Labute approximate surface area is 97.2 Å². The maximum Gasteiger partial charge on any atom is 0.320 e. The van der Waals surface area contributed by atoms with Crippen molar-refractivity contribution in [2.24, 2.45) is 0 Å². The van der Waals surface area contributed by atoms with Crippen molar-refractivity contribution < 1.29 is 9.90 Å². The van der Waals surface area contributed by atoms with Crippen LogP contribution in [0.3, 0.4) is 0 Å². The lowest BCUT2D eigenvalue weighted by Crippen LogP contribution is -2.33. The van der Waals surface area contributed by atoms with Crippen molar-refractivity contribution in [1.29, 1.82) is 0 Å². The number of carboxylic acids is 1. The zero-order valence-corrected chi connectivity index (χ0v) is 9.51. The predicted molar refractivity (Wildman–Crippen MR) is 58.2 cm³/mol. The van der Waals surface area contributed by atoms with E-state index in [0.717, 1.165) is 5.56 Å². The number of aromatic nitrogens is 1. The molecule has 1 aromatic heterocycles. The Bertz CT molecular complexity index is 351. The van der Waals surface area contributed by atoms with Crippen molar-refractivity contribution in [3.8, 4) is 0 Å². The van der Waals surface area contributed by atoms with Crippen molar-refractivity contribution in [2.45, 2.75) is 19.5 Å². The number of pyridine rings is 1. The molecule has 0 saturated carbocycles. The van der Waals surface area contributed by atoms with Crippen molar-refractivity contribution in [3.05, 3.63) is 28.0 Å². The Kier molecular flexibility index (Phi) is 4.32. The molecule has 1 atom stereocenters. The SMILES string of the molecule is C[C@H](NCc1cc(Cl)nc(Cl)c1)C(=O)O. The van der Waals surface area contributed by atoms with Gasteiger partial charge in [-0.1, -0.05) is 23.2 Å². The largest absolute Gasteiger partial charge is 0.480 e. The zero-order chi connectivity index (χ0) is 11.4. The standard InChI is InChI=1S/C9H10Cl2N2O2/c1-5(9(14)15)12-4-6-2-7(10)13-8(11)3-6/h2-3,5,12H,4H2,1H3,(H,14,15)/t5-/m0/s1. The van der Waals surface area contributed by atoms with E-state index in [1.165, 1.54) is 0 Å². The molecule has 2 N–H and O–H groups in total. The second-order valence-corrected chi connectivity index (χ2v) is 3.84. The van der Waals surface area contributed by atoms with E-state index in [4.69, 9.17) is 28.3 Å². The van der Waals surface area contributed by atoms with E-state index in [0.29, 0.717) is 16.9 Å². The number of rotatable bonds is 4. The van der Waals surface area contributed by atoms with Crippen molar-refractivity contribution in [3.63, 3.8) is 0 Å². The highest BCUT2D eigenvalue weighted by atomic mass is 35.5.